The Kier molecular flexibility index (Phi) is 6.61. The van der Waals surface area contributed by atoms with Crippen LogP contribution in [0.25, 0.3) is 0 Å². The van der Waals surface area contributed by atoms with Crippen LogP contribution < -0.4 is 10.8 Å². The SMILES string of the molecule is CCCCC(CCC(=O)[O-])(C(=O)OCC)c1cnc(N)s1. The Morgan fingerprint density at radius 1 is 1.43 bits per heavy atom. The second kappa shape index (κ2) is 7.97. The molecule has 0 aliphatic rings. The zero-order chi connectivity index (χ0) is 15.9. The van der Waals surface area contributed by atoms with Crippen molar-refractivity contribution in [2.75, 3.05) is 12.3 Å². The first-order chi connectivity index (χ1) is 9.96. The number of aromatic nitrogens is 1. The number of nitrogens with zero attached hydrogens (tertiary/aromatic N) is 1. The molecule has 1 heterocycles. The number of esters is 1. The minimum Gasteiger partial charge on any atom is -0.550 e. The lowest BCUT2D eigenvalue weighted by atomic mass is 9.77. The first-order valence-corrected chi connectivity index (χ1v) is 7.86. The summed E-state index contributed by atoms with van der Waals surface area (Å²) in [7, 11) is 0. The fourth-order valence-electron chi connectivity index (χ4n) is 2.25. The number of carbonyl (C=O) groups excluding carboxylic acids is 2. The van der Waals surface area contributed by atoms with Gasteiger partial charge >= 0.3 is 5.97 Å². The van der Waals surface area contributed by atoms with Crippen molar-refractivity contribution in [3.8, 4) is 0 Å². The number of thiazole rings is 1. The zero-order valence-corrected chi connectivity index (χ0v) is 13.2. The number of carboxylic acids is 1. The Balaban J connectivity index is 3.18. The van der Waals surface area contributed by atoms with Crippen molar-refractivity contribution >= 4 is 28.4 Å². The van der Waals surface area contributed by atoms with Crippen LogP contribution in [0.2, 0.25) is 0 Å². The molecule has 0 saturated carbocycles. The molecule has 0 aliphatic carbocycles. The second-order valence-corrected chi connectivity index (χ2v) is 5.90. The van der Waals surface area contributed by atoms with Gasteiger partial charge in [-0.15, -0.1) is 11.3 Å². The van der Waals surface area contributed by atoms with Crippen LogP contribution in [-0.4, -0.2) is 23.5 Å². The third-order valence-electron chi connectivity index (χ3n) is 3.37. The molecule has 21 heavy (non-hydrogen) atoms. The van der Waals surface area contributed by atoms with Gasteiger partial charge in [-0.1, -0.05) is 19.8 Å². The molecule has 7 heteroatoms. The van der Waals surface area contributed by atoms with Crippen LogP contribution in [0, 0.1) is 0 Å². The van der Waals surface area contributed by atoms with E-state index in [2.05, 4.69) is 4.98 Å². The summed E-state index contributed by atoms with van der Waals surface area (Å²) in [6, 6.07) is 0. The van der Waals surface area contributed by atoms with E-state index in [1.54, 1.807) is 13.1 Å². The smallest absolute Gasteiger partial charge is 0.317 e. The third-order valence-corrected chi connectivity index (χ3v) is 4.41. The number of nitrogens with two attached hydrogens (primary N) is 1. The average molecular weight is 313 g/mol. The van der Waals surface area contributed by atoms with Gasteiger partial charge in [-0.3, -0.25) is 4.79 Å². The zero-order valence-electron chi connectivity index (χ0n) is 12.4. The van der Waals surface area contributed by atoms with Crippen LogP contribution in [0.5, 0.6) is 0 Å². The molecule has 118 valence electrons. The molecule has 0 fully saturated rings. The maximum Gasteiger partial charge on any atom is 0.317 e. The normalized spacial score (nSPS) is 13.6. The van der Waals surface area contributed by atoms with Crippen LogP contribution in [0.15, 0.2) is 6.20 Å². The van der Waals surface area contributed by atoms with E-state index in [1.807, 2.05) is 6.92 Å². The van der Waals surface area contributed by atoms with Crippen molar-refractivity contribution in [3.63, 3.8) is 0 Å². The molecule has 1 rings (SSSR count). The monoisotopic (exact) mass is 313 g/mol. The molecule has 0 spiro atoms. The number of rotatable bonds is 9. The van der Waals surface area contributed by atoms with Crippen LogP contribution >= 0.6 is 11.3 Å². The quantitative estimate of drug-likeness (QED) is 0.688. The van der Waals surface area contributed by atoms with E-state index >= 15 is 0 Å². The van der Waals surface area contributed by atoms with Gasteiger partial charge in [0.05, 0.1) is 6.61 Å². The summed E-state index contributed by atoms with van der Waals surface area (Å²) >= 11 is 1.20. The molecule has 1 atom stereocenters. The number of carboxylic acid groups (broad SMARTS) is 1. The number of nitrogen functional groups attached to an aromatic ring is 1. The van der Waals surface area contributed by atoms with Crippen molar-refractivity contribution in [1.82, 2.24) is 4.98 Å². The van der Waals surface area contributed by atoms with Gasteiger partial charge in [0.2, 0.25) is 0 Å². The van der Waals surface area contributed by atoms with Gasteiger partial charge in [-0.25, -0.2) is 4.98 Å². The minimum atomic E-state index is -1.18. The molecular formula is C14H21N2O4S-. The maximum atomic E-state index is 12.5. The Bertz CT molecular complexity index is 489. The topological polar surface area (TPSA) is 105 Å². The van der Waals surface area contributed by atoms with Crippen molar-refractivity contribution in [2.24, 2.45) is 0 Å². The molecule has 2 N–H and O–H groups in total. The summed E-state index contributed by atoms with van der Waals surface area (Å²) in [4.78, 5) is 28.0. The number of carbonyl (C=O) groups is 2. The molecule has 1 unspecified atom stereocenters. The summed E-state index contributed by atoms with van der Waals surface area (Å²) in [5, 5.41) is 11.2. The second-order valence-electron chi connectivity index (χ2n) is 4.84. The van der Waals surface area contributed by atoms with Crippen LogP contribution in [0.3, 0.4) is 0 Å². The summed E-state index contributed by atoms with van der Waals surface area (Å²) in [6.07, 6.45) is 3.65. The van der Waals surface area contributed by atoms with Gasteiger partial charge in [0.25, 0.3) is 0 Å². The number of ether oxygens (including phenoxy) is 1. The molecule has 0 radical (unpaired) electrons. The maximum absolute atomic E-state index is 12.5. The van der Waals surface area contributed by atoms with E-state index in [9.17, 15) is 14.7 Å². The predicted octanol–water partition coefficient (Wildman–Crippen LogP) is 1.25. The fourth-order valence-corrected chi connectivity index (χ4v) is 3.17. The molecule has 1 aromatic heterocycles. The van der Waals surface area contributed by atoms with Crippen molar-refractivity contribution in [1.29, 1.82) is 0 Å². The standard InChI is InChI=1S/C14H22N2O4S/c1-3-5-7-14(8-6-11(17)18,12(19)20-4-2)10-9-16-13(15)21-10/h9H,3-8H2,1-2H3,(H2,15,16)(H,17,18)/p-1. The highest BCUT2D eigenvalue weighted by Crippen LogP contribution is 2.39. The first-order valence-electron chi connectivity index (χ1n) is 7.05. The molecule has 0 amide bonds. The highest BCUT2D eigenvalue weighted by atomic mass is 32.1. The lowest BCUT2D eigenvalue weighted by Crippen LogP contribution is -2.39. The van der Waals surface area contributed by atoms with Gasteiger partial charge in [0, 0.05) is 17.0 Å². The Morgan fingerprint density at radius 3 is 2.62 bits per heavy atom. The number of unbranched alkanes of at least 4 members (excludes halogenated alkanes) is 1. The van der Waals surface area contributed by atoms with E-state index in [-0.39, 0.29) is 19.4 Å². The lowest BCUT2D eigenvalue weighted by Gasteiger charge is -2.30. The summed E-state index contributed by atoms with van der Waals surface area (Å²) in [5.74, 6) is -1.60. The van der Waals surface area contributed by atoms with Gasteiger partial charge in [0.15, 0.2) is 5.13 Å². The Hall–Kier alpha value is -1.63. The highest BCUT2D eigenvalue weighted by molar-refractivity contribution is 7.15. The summed E-state index contributed by atoms with van der Waals surface area (Å²) < 4.78 is 5.19. The first kappa shape index (κ1) is 17.4. The molecule has 0 saturated heterocycles. The number of anilines is 1. The van der Waals surface area contributed by atoms with E-state index < -0.39 is 17.4 Å². The molecule has 0 aromatic carbocycles. The molecule has 0 bridgehead atoms. The van der Waals surface area contributed by atoms with Crippen LogP contribution in [0.4, 0.5) is 5.13 Å². The number of hydrogen-bond donors (Lipinski definition) is 1. The molecular weight excluding hydrogens is 292 g/mol. The minimum absolute atomic E-state index is 0.135. The van der Waals surface area contributed by atoms with Crippen molar-refractivity contribution < 1.29 is 19.4 Å². The Morgan fingerprint density at radius 2 is 2.14 bits per heavy atom. The fraction of sp³-hybridized carbons (Fsp3) is 0.643. The lowest BCUT2D eigenvalue weighted by molar-refractivity contribution is -0.306. The highest BCUT2D eigenvalue weighted by Gasteiger charge is 2.42. The average Bonchev–Trinajstić information content (AvgIpc) is 2.86. The van der Waals surface area contributed by atoms with Crippen LogP contribution in [-0.2, 0) is 19.7 Å². The summed E-state index contributed by atoms with van der Waals surface area (Å²) in [5.41, 5.74) is 4.66. The van der Waals surface area contributed by atoms with Gasteiger partial charge in [-0.05, 0) is 26.2 Å². The molecule has 6 nitrogen and oxygen atoms in total. The molecule has 0 aliphatic heterocycles. The van der Waals surface area contributed by atoms with E-state index in [0.717, 1.165) is 12.8 Å². The van der Waals surface area contributed by atoms with E-state index in [0.29, 0.717) is 16.4 Å². The van der Waals surface area contributed by atoms with Crippen LogP contribution in [0.1, 0.15) is 50.8 Å². The van der Waals surface area contributed by atoms with Crippen molar-refractivity contribution in [2.45, 2.75) is 51.4 Å². The van der Waals surface area contributed by atoms with Gasteiger partial charge < -0.3 is 20.4 Å². The largest absolute Gasteiger partial charge is 0.550 e. The third kappa shape index (κ3) is 4.42. The van der Waals surface area contributed by atoms with Crippen molar-refractivity contribution in [3.05, 3.63) is 11.1 Å². The Labute approximate surface area is 128 Å². The van der Waals surface area contributed by atoms with E-state index in [4.69, 9.17) is 10.5 Å². The number of hydrogen-bond acceptors (Lipinski definition) is 7. The summed E-state index contributed by atoms with van der Waals surface area (Å²) in [6.45, 7) is 3.98. The predicted molar refractivity (Wildman–Crippen MR) is 78.6 cm³/mol. The van der Waals surface area contributed by atoms with Gasteiger partial charge in [0.1, 0.15) is 5.41 Å². The molecule has 1 aromatic rings. The van der Waals surface area contributed by atoms with Gasteiger partial charge in [-0.2, -0.15) is 0 Å². The van der Waals surface area contributed by atoms with E-state index in [1.165, 1.54) is 11.3 Å². The number of aliphatic carboxylic acids is 1.